The van der Waals surface area contributed by atoms with Crippen molar-refractivity contribution < 1.29 is 9.47 Å². The number of hydrogen-bond acceptors (Lipinski definition) is 2. The van der Waals surface area contributed by atoms with Gasteiger partial charge in [-0.05, 0) is 70.1 Å². The molecular formula is C44H38O2. The Bertz CT molecular complexity index is 1810. The summed E-state index contributed by atoms with van der Waals surface area (Å²) < 4.78 is 12.3. The first-order valence-electron chi connectivity index (χ1n) is 15.6. The van der Waals surface area contributed by atoms with Crippen LogP contribution in [0.3, 0.4) is 0 Å². The van der Waals surface area contributed by atoms with Crippen LogP contribution in [0.2, 0.25) is 0 Å². The van der Waals surface area contributed by atoms with Crippen molar-refractivity contribution in [3.63, 3.8) is 0 Å². The number of ether oxygens (including phenoxy) is 2. The van der Waals surface area contributed by atoms with Gasteiger partial charge in [-0.15, -0.1) is 0 Å². The molecule has 0 saturated heterocycles. The molecule has 6 aromatic rings. The Kier molecular flexibility index (Phi) is 9.27. The molecule has 0 N–H and O–H groups in total. The van der Waals surface area contributed by atoms with E-state index < -0.39 is 5.41 Å². The van der Waals surface area contributed by atoms with Gasteiger partial charge >= 0.3 is 0 Å². The van der Waals surface area contributed by atoms with E-state index in [1.165, 1.54) is 16.7 Å². The van der Waals surface area contributed by atoms with E-state index in [1.54, 1.807) is 12.2 Å². The molecule has 0 aliphatic rings. The second-order valence-electron chi connectivity index (χ2n) is 11.4. The zero-order valence-corrected chi connectivity index (χ0v) is 26.2. The third-order valence-corrected chi connectivity index (χ3v) is 8.57. The Morgan fingerprint density at radius 3 is 1.24 bits per heavy atom. The van der Waals surface area contributed by atoms with E-state index in [1.807, 2.05) is 12.1 Å². The van der Waals surface area contributed by atoms with E-state index in [0.29, 0.717) is 13.2 Å². The molecule has 0 heterocycles. The molecule has 0 unspecified atom stereocenters. The lowest BCUT2D eigenvalue weighted by Crippen LogP contribution is -2.25. The SMILES string of the molecule is C=CCOc1ccc(C(C)(c2ccc(-c3ccccc3)cc2)c2ccc(OCC=C)c(-c3ccccc3)c2)cc1-c1ccccc1. The fourth-order valence-corrected chi connectivity index (χ4v) is 6.04. The number of rotatable bonds is 12. The third kappa shape index (κ3) is 6.29. The highest BCUT2D eigenvalue weighted by atomic mass is 16.5. The summed E-state index contributed by atoms with van der Waals surface area (Å²) in [6, 6.07) is 53.5. The predicted molar refractivity (Wildman–Crippen MR) is 193 cm³/mol. The minimum Gasteiger partial charge on any atom is -0.489 e. The van der Waals surface area contributed by atoms with Crippen LogP contribution in [0.5, 0.6) is 11.5 Å². The largest absolute Gasteiger partial charge is 0.489 e. The van der Waals surface area contributed by atoms with Crippen LogP contribution in [-0.4, -0.2) is 13.2 Å². The van der Waals surface area contributed by atoms with Gasteiger partial charge in [0.05, 0.1) is 0 Å². The van der Waals surface area contributed by atoms with Crippen LogP contribution in [0.15, 0.2) is 177 Å². The normalized spacial score (nSPS) is 11.1. The van der Waals surface area contributed by atoms with E-state index in [2.05, 4.69) is 160 Å². The Labute approximate surface area is 272 Å². The topological polar surface area (TPSA) is 18.5 Å². The molecule has 6 rings (SSSR count). The molecule has 6 aromatic carbocycles. The average Bonchev–Trinajstić information content (AvgIpc) is 3.14. The maximum absolute atomic E-state index is 6.17. The van der Waals surface area contributed by atoms with Crippen molar-refractivity contribution in [2.45, 2.75) is 12.3 Å². The van der Waals surface area contributed by atoms with E-state index in [9.17, 15) is 0 Å². The van der Waals surface area contributed by atoms with E-state index in [4.69, 9.17) is 9.47 Å². The second kappa shape index (κ2) is 14.0. The highest BCUT2D eigenvalue weighted by Gasteiger charge is 2.33. The summed E-state index contributed by atoms with van der Waals surface area (Å²) >= 11 is 0. The maximum atomic E-state index is 6.17. The summed E-state index contributed by atoms with van der Waals surface area (Å²) in [5.74, 6) is 1.66. The monoisotopic (exact) mass is 598 g/mol. The van der Waals surface area contributed by atoms with Crippen molar-refractivity contribution in [2.24, 2.45) is 0 Å². The van der Waals surface area contributed by atoms with Crippen molar-refractivity contribution in [1.82, 2.24) is 0 Å². The first kappa shape index (κ1) is 30.4. The lowest BCUT2D eigenvalue weighted by Gasteiger charge is -2.33. The smallest absolute Gasteiger partial charge is 0.127 e. The molecule has 46 heavy (non-hydrogen) atoms. The molecule has 2 heteroatoms. The first-order chi connectivity index (χ1) is 22.6. The van der Waals surface area contributed by atoms with Crippen LogP contribution < -0.4 is 9.47 Å². The minimum absolute atomic E-state index is 0.435. The van der Waals surface area contributed by atoms with Gasteiger partial charge in [0.15, 0.2) is 0 Å². The summed E-state index contributed by atoms with van der Waals surface area (Å²) in [5.41, 5.74) is 9.64. The molecule has 0 aliphatic carbocycles. The minimum atomic E-state index is -0.518. The van der Waals surface area contributed by atoms with Crippen molar-refractivity contribution in [3.8, 4) is 44.9 Å². The van der Waals surface area contributed by atoms with Gasteiger partial charge in [-0.25, -0.2) is 0 Å². The molecule has 0 radical (unpaired) electrons. The highest BCUT2D eigenvalue weighted by molar-refractivity contribution is 5.75. The van der Waals surface area contributed by atoms with Gasteiger partial charge < -0.3 is 9.47 Å². The molecule has 2 nitrogen and oxygen atoms in total. The molecule has 226 valence electrons. The highest BCUT2D eigenvalue weighted by Crippen LogP contribution is 2.45. The van der Waals surface area contributed by atoms with Gasteiger partial charge in [-0.3, -0.25) is 0 Å². The first-order valence-corrected chi connectivity index (χ1v) is 15.6. The van der Waals surface area contributed by atoms with Crippen molar-refractivity contribution in [2.75, 3.05) is 13.2 Å². The molecular weight excluding hydrogens is 560 g/mol. The molecule has 0 aliphatic heterocycles. The van der Waals surface area contributed by atoms with Gasteiger partial charge in [0.2, 0.25) is 0 Å². The van der Waals surface area contributed by atoms with Crippen LogP contribution in [-0.2, 0) is 5.41 Å². The lowest BCUT2D eigenvalue weighted by atomic mass is 9.70. The van der Waals surface area contributed by atoms with E-state index in [0.717, 1.165) is 44.9 Å². The molecule has 0 spiro atoms. The summed E-state index contributed by atoms with van der Waals surface area (Å²) in [4.78, 5) is 0. The van der Waals surface area contributed by atoms with Gasteiger partial charge in [0.25, 0.3) is 0 Å². The van der Waals surface area contributed by atoms with Crippen LogP contribution >= 0.6 is 0 Å². The zero-order chi connectivity index (χ0) is 31.8. The zero-order valence-electron chi connectivity index (χ0n) is 26.2. The molecule has 0 amide bonds. The summed E-state index contributed by atoms with van der Waals surface area (Å²) in [6.07, 6.45) is 3.56. The van der Waals surface area contributed by atoms with Crippen LogP contribution in [0.1, 0.15) is 23.6 Å². The maximum Gasteiger partial charge on any atom is 0.127 e. The third-order valence-electron chi connectivity index (χ3n) is 8.57. The quantitative estimate of drug-likeness (QED) is 0.103. The van der Waals surface area contributed by atoms with Gasteiger partial charge in [-0.1, -0.05) is 153 Å². The molecule has 0 fully saturated rings. The standard InChI is InChI=1S/C44H38O2/c1-4-29-45-42-27-25-38(31-40(42)35-17-11-7-12-18-35)44(3,37-23-21-34(22-24-37)33-15-9-6-10-16-33)39-26-28-43(46-30-5-2)41(32-39)36-19-13-8-14-20-36/h4-28,31-32H,1-2,29-30H2,3H3. The second-order valence-corrected chi connectivity index (χ2v) is 11.4. The summed E-state index contributed by atoms with van der Waals surface area (Å²) in [5, 5.41) is 0. The summed E-state index contributed by atoms with van der Waals surface area (Å²) in [7, 11) is 0. The van der Waals surface area contributed by atoms with Crippen LogP contribution in [0.4, 0.5) is 0 Å². The molecule has 0 atom stereocenters. The van der Waals surface area contributed by atoms with E-state index in [-0.39, 0.29) is 0 Å². The van der Waals surface area contributed by atoms with Gasteiger partial charge in [-0.2, -0.15) is 0 Å². The van der Waals surface area contributed by atoms with Crippen LogP contribution in [0.25, 0.3) is 33.4 Å². The van der Waals surface area contributed by atoms with Gasteiger partial charge in [0.1, 0.15) is 24.7 Å². The number of benzene rings is 6. The van der Waals surface area contributed by atoms with Crippen molar-refractivity contribution in [1.29, 1.82) is 0 Å². The number of hydrogen-bond donors (Lipinski definition) is 0. The summed E-state index contributed by atoms with van der Waals surface area (Å²) in [6.45, 7) is 10.9. The van der Waals surface area contributed by atoms with Gasteiger partial charge in [0, 0.05) is 16.5 Å². The Hall–Kier alpha value is -5.60. The van der Waals surface area contributed by atoms with Crippen molar-refractivity contribution >= 4 is 0 Å². The molecule has 0 saturated carbocycles. The Morgan fingerprint density at radius 1 is 0.457 bits per heavy atom. The predicted octanol–water partition coefficient (Wildman–Crippen LogP) is 11.2. The molecule has 0 bridgehead atoms. The average molecular weight is 599 g/mol. The molecule has 0 aromatic heterocycles. The van der Waals surface area contributed by atoms with E-state index >= 15 is 0 Å². The Balaban J connectivity index is 1.57. The van der Waals surface area contributed by atoms with Crippen molar-refractivity contribution in [3.05, 3.63) is 194 Å². The fraction of sp³-hybridized carbons (Fsp3) is 0.0909. The lowest BCUT2D eigenvalue weighted by molar-refractivity contribution is 0.364. The van der Waals surface area contributed by atoms with Crippen LogP contribution in [0, 0.1) is 0 Å². The Morgan fingerprint density at radius 2 is 0.826 bits per heavy atom. The fourth-order valence-electron chi connectivity index (χ4n) is 6.04.